The Labute approximate surface area is 159 Å². The van der Waals surface area contributed by atoms with Gasteiger partial charge in [-0.1, -0.05) is 62.3 Å². The van der Waals surface area contributed by atoms with Crippen molar-refractivity contribution in [3.63, 3.8) is 0 Å². The number of carboxylic acids is 1. The first kappa shape index (κ1) is 18.4. The molecular formula is C14H6BrCl4NO3. The molecule has 0 saturated carbocycles. The number of halogens is 5. The highest BCUT2D eigenvalue weighted by Crippen LogP contribution is 2.41. The Morgan fingerprint density at radius 2 is 1.35 bits per heavy atom. The Morgan fingerprint density at radius 3 is 1.83 bits per heavy atom. The molecule has 0 aliphatic heterocycles. The van der Waals surface area contributed by atoms with E-state index >= 15 is 0 Å². The van der Waals surface area contributed by atoms with Crippen molar-refractivity contribution < 1.29 is 14.7 Å². The summed E-state index contributed by atoms with van der Waals surface area (Å²) in [4.78, 5) is 23.9. The highest BCUT2D eigenvalue weighted by molar-refractivity contribution is 9.10. The number of benzene rings is 2. The Hall–Kier alpha value is -0.980. The Kier molecular flexibility index (Phi) is 5.81. The molecule has 120 valence electrons. The summed E-state index contributed by atoms with van der Waals surface area (Å²) in [5, 5.41) is 10.8. The fourth-order valence-electron chi connectivity index (χ4n) is 1.77. The number of carbonyl (C=O) groups excluding carboxylic acids is 1. The van der Waals surface area contributed by atoms with Gasteiger partial charge in [0.2, 0.25) is 0 Å². The number of carbonyl (C=O) groups is 2. The third-order valence-corrected chi connectivity index (χ3v) is 5.14. The fraction of sp³-hybridized carbons (Fsp3) is 0. The number of hydrogen-bond donors (Lipinski definition) is 2. The van der Waals surface area contributed by atoms with Crippen LogP contribution in [-0.4, -0.2) is 17.0 Å². The van der Waals surface area contributed by atoms with Crippen LogP contribution in [0.3, 0.4) is 0 Å². The average Bonchev–Trinajstić information content (AvgIpc) is 2.50. The first-order valence-electron chi connectivity index (χ1n) is 5.90. The summed E-state index contributed by atoms with van der Waals surface area (Å²) < 4.78 is 0.817. The first-order chi connectivity index (χ1) is 10.7. The van der Waals surface area contributed by atoms with Gasteiger partial charge in [-0.05, 0) is 24.3 Å². The van der Waals surface area contributed by atoms with Crippen LogP contribution in [0.25, 0.3) is 0 Å². The molecule has 4 nitrogen and oxygen atoms in total. The molecule has 0 saturated heterocycles. The van der Waals surface area contributed by atoms with E-state index in [0.717, 1.165) is 4.47 Å². The van der Waals surface area contributed by atoms with Crippen LogP contribution in [0.2, 0.25) is 20.1 Å². The number of aromatic carboxylic acids is 1. The largest absolute Gasteiger partial charge is 0.478 e. The predicted molar refractivity (Wildman–Crippen MR) is 95.5 cm³/mol. The predicted octanol–water partition coefficient (Wildman–Crippen LogP) is 6.01. The van der Waals surface area contributed by atoms with Gasteiger partial charge in [-0.15, -0.1) is 0 Å². The van der Waals surface area contributed by atoms with Crippen LogP contribution < -0.4 is 5.32 Å². The molecule has 0 aliphatic rings. The van der Waals surface area contributed by atoms with Crippen LogP contribution in [0.4, 0.5) is 5.69 Å². The molecule has 2 N–H and O–H groups in total. The van der Waals surface area contributed by atoms with Gasteiger partial charge in [0.15, 0.2) is 0 Å². The molecule has 0 unspecified atom stereocenters. The van der Waals surface area contributed by atoms with E-state index in [9.17, 15) is 14.7 Å². The van der Waals surface area contributed by atoms with Gasteiger partial charge >= 0.3 is 5.97 Å². The molecule has 0 bridgehead atoms. The summed E-state index contributed by atoms with van der Waals surface area (Å²) in [6, 6.07) is 6.65. The van der Waals surface area contributed by atoms with Gasteiger partial charge in [0.05, 0.1) is 31.2 Å². The molecule has 1 amide bonds. The molecule has 2 aromatic rings. The second kappa shape index (κ2) is 7.28. The average molecular weight is 458 g/mol. The minimum Gasteiger partial charge on any atom is -0.478 e. The Balaban J connectivity index is 2.55. The molecule has 23 heavy (non-hydrogen) atoms. The first-order valence-corrected chi connectivity index (χ1v) is 8.20. The summed E-state index contributed by atoms with van der Waals surface area (Å²) in [5.41, 5.74) is -0.435. The van der Waals surface area contributed by atoms with Gasteiger partial charge in [0.1, 0.15) is 0 Å². The Morgan fingerprint density at radius 1 is 0.870 bits per heavy atom. The molecule has 0 heterocycles. The van der Waals surface area contributed by atoms with Crippen LogP contribution in [-0.2, 0) is 0 Å². The van der Waals surface area contributed by atoms with Crippen molar-refractivity contribution in [2.45, 2.75) is 0 Å². The molecule has 0 fully saturated rings. The van der Waals surface area contributed by atoms with Crippen molar-refractivity contribution in [2.24, 2.45) is 0 Å². The number of anilines is 1. The van der Waals surface area contributed by atoms with E-state index < -0.39 is 17.4 Å². The van der Waals surface area contributed by atoms with Crippen LogP contribution >= 0.6 is 62.3 Å². The highest BCUT2D eigenvalue weighted by atomic mass is 79.9. The number of rotatable bonds is 3. The zero-order chi connectivity index (χ0) is 17.3. The summed E-state index contributed by atoms with van der Waals surface area (Å²) in [5.74, 6) is -2.22. The maximum Gasteiger partial charge on any atom is 0.338 e. The van der Waals surface area contributed by atoms with Crippen molar-refractivity contribution in [3.05, 3.63) is 60.0 Å². The lowest BCUT2D eigenvalue weighted by Crippen LogP contribution is -2.18. The number of carboxylic acid groups (broad SMARTS) is 1. The minimum absolute atomic E-state index is 0.190. The van der Waals surface area contributed by atoms with Gasteiger partial charge in [0.25, 0.3) is 5.91 Å². The van der Waals surface area contributed by atoms with Crippen LogP contribution in [0.5, 0.6) is 0 Å². The third kappa shape index (κ3) is 3.75. The van der Waals surface area contributed by atoms with Gasteiger partial charge in [-0.25, -0.2) is 4.79 Å². The van der Waals surface area contributed by atoms with E-state index in [2.05, 4.69) is 21.2 Å². The summed E-state index contributed by atoms with van der Waals surface area (Å²) in [6.07, 6.45) is 0. The smallest absolute Gasteiger partial charge is 0.338 e. The van der Waals surface area contributed by atoms with Crippen LogP contribution in [0.15, 0.2) is 28.7 Å². The van der Waals surface area contributed by atoms with Gasteiger partial charge < -0.3 is 10.4 Å². The number of amides is 1. The van der Waals surface area contributed by atoms with Crippen molar-refractivity contribution >= 4 is 79.9 Å². The maximum atomic E-state index is 12.4. The molecule has 0 spiro atoms. The molecule has 2 aromatic carbocycles. The zero-order valence-corrected chi connectivity index (χ0v) is 15.6. The molecule has 2 rings (SSSR count). The second-order valence-corrected chi connectivity index (χ2v) is 6.70. The molecule has 0 aromatic heterocycles. The highest BCUT2D eigenvalue weighted by Gasteiger charge is 2.28. The molecule has 0 atom stereocenters. The van der Waals surface area contributed by atoms with Crippen LogP contribution in [0.1, 0.15) is 20.7 Å². The number of nitrogens with one attached hydrogen (secondary N) is 1. The monoisotopic (exact) mass is 455 g/mol. The second-order valence-electron chi connectivity index (χ2n) is 4.27. The summed E-state index contributed by atoms with van der Waals surface area (Å²) in [7, 11) is 0. The summed E-state index contributed by atoms with van der Waals surface area (Å²) >= 11 is 26.9. The lowest BCUT2D eigenvalue weighted by Gasteiger charge is -2.14. The van der Waals surface area contributed by atoms with Crippen LogP contribution in [0, 0.1) is 0 Å². The fourth-order valence-corrected chi connectivity index (χ4v) is 3.06. The van der Waals surface area contributed by atoms with Gasteiger partial charge in [-0.2, -0.15) is 0 Å². The van der Waals surface area contributed by atoms with Gasteiger partial charge in [0, 0.05) is 10.2 Å². The molecule has 0 aliphatic carbocycles. The van der Waals surface area contributed by atoms with E-state index in [-0.39, 0.29) is 25.7 Å². The quantitative estimate of drug-likeness (QED) is 0.438. The molecule has 9 heteroatoms. The van der Waals surface area contributed by atoms with E-state index in [1.54, 1.807) is 24.3 Å². The Bertz CT molecular complexity index is 809. The normalized spacial score (nSPS) is 10.5. The third-order valence-electron chi connectivity index (χ3n) is 2.81. The van der Waals surface area contributed by atoms with Crippen molar-refractivity contribution in [3.8, 4) is 0 Å². The van der Waals surface area contributed by atoms with E-state index in [1.165, 1.54) is 0 Å². The van der Waals surface area contributed by atoms with Crippen molar-refractivity contribution in [2.75, 3.05) is 5.32 Å². The minimum atomic E-state index is -1.45. The molecular weight excluding hydrogens is 452 g/mol. The SMILES string of the molecule is O=C(O)c1c(Cl)c(Cl)c(Cl)c(Cl)c1C(=O)Nc1ccc(Br)cc1. The topological polar surface area (TPSA) is 66.4 Å². The van der Waals surface area contributed by atoms with Crippen molar-refractivity contribution in [1.82, 2.24) is 0 Å². The van der Waals surface area contributed by atoms with Gasteiger partial charge in [-0.3, -0.25) is 4.79 Å². The van der Waals surface area contributed by atoms with E-state index in [0.29, 0.717) is 5.69 Å². The lowest BCUT2D eigenvalue weighted by atomic mass is 10.1. The maximum absolute atomic E-state index is 12.4. The van der Waals surface area contributed by atoms with Crippen molar-refractivity contribution in [1.29, 1.82) is 0 Å². The van der Waals surface area contributed by atoms with E-state index in [1.807, 2.05) is 0 Å². The number of hydrogen-bond acceptors (Lipinski definition) is 2. The standard InChI is InChI=1S/C14H6BrCl4NO3/c15-5-1-3-6(4-2-5)20-13(21)7-8(14(22)23)10(17)12(19)11(18)9(7)16/h1-4H,(H,20,21)(H,22,23). The molecule has 0 radical (unpaired) electrons. The zero-order valence-electron chi connectivity index (χ0n) is 11.0. The lowest BCUT2D eigenvalue weighted by molar-refractivity contribution is 0.0692. The summed E-state index contributed by atoms with van der Waals surface area (Å²) in [6.45, 7) is 0. The van der Waals surface area contributed by atoms with E-state index in [4.69, 9.17) is 46.4 Å².